The monoisotopic (exact) mass is 293 g/mol. The molecule has 1 saturated heterocycles. The summed E-state index contributed by atoms with van der Waals surface area (Å²) in [7, 11) is 0. The molecule has 0 radical (unpaired) electrons. The molecule has 1 amide bonds. The molecule has 1 aromatic heterocycles. The third-order valence-corrected chi connectivity index (χ3v) is 2.36. The van der Waals surface area contributed by atoms with Crippen LogP contribution in [0.25, 0.3) is 0 Å². The molecular formula is C11H17Cl2N3O2. The number of morpholine rings is 1. The van der Waals surface area contributed by atoms with Crippen LogP contribution in [0.3, 0.4) is 0 Å². The van der Waals surface area contributed by atoms with Gasteiger partial charge in [0, 0.05) is 18.8 Å². The van der Waals surface area contributed by atoms with E-state index in [4.69, 9.17) is 4.74 Å². The van der Waals surface area contributed by atoms with Gasteiger partial charge in [-0.1, -0.05) is 6.07 Å². The Balaban J connectivity index is 0.00000144. The third kappa shape index (κ3) is 4.78. The average Bonchev–Trinajstić information content (AvgIpc) is 2.30. The van der Waals surface area contributed by atoms with Gasteiger partial charge in [0.25, 0.3) is 5.91 Å². The third-order valence-electron chi connectivity index (χ3n) is 2.36. The van der Waals surface area contributed by atoms with Crippen LogP contribution in [0.15, 0.2) is 18.2 Å². The van der Waals surface area contributed by atoms with Crippen LogP contribution in [-0.2, 0) is 9.53 Å². The minimum Gasteiger partial charge on any atom is -0.366 e. The van der Waals surface area contributed by atoms with Crippen molar-refractivity contribution in [1.82, 2.24) is 10.3 Å². The standard InChI is InChI=1S/C11H15N3O2.2ClH/c1-8-3-2-4-10(13-8)14-11(15)9-7-12-5-6-16-9;;/h2-4,9,12H,5-7H2,1H3,(H,13,14,15);2*1H. The quantitative estimate of drug-likeness (QED) is 0.859. The Hall–Kier alpha value is -0.880. The molecule has 1 atom stereocenters. The van der Waals surface area contributed by atoms with Crippen LogP contribution < -0.4 is 10.6 Å². The zero-order chi connectivity index (χ0) is 11.4. The second kappa shape index (κ2) is 8.26. The molecule has 18 heavy (non-hydrogen) atoms. The van der Waals surface area contributed by atoms with E-state index >= 15 is 0 Å². The van der Waals surface area contributed by atoms with E-state index in [1.807, 2.05) is 19.1 Å². The SMILES string of the molecule is Cc1cccc(NC(=O)C2CNCCO2)n1.Cl.Cl. The molecule has 102 valence electrons. The van der Waals surface area contributed by atoms with Gasteiger partial charge in [0.2, 0.25) is 0 Å². The van der Waals surface area contributed by atoms with Crippen LogP contribution in [0.1, 0.15) is 5.69 Å². The predicted molar refractivity (Wildman–Crippen MR) is 74.7 cm³/mol. The zero-order valence-corrected chi connectivity index (χ0v) is 11.6. The summed E-state index contributed by atoms with van der Waals surface area (Å²) in [6.07, 6.45) is -0.420. The number of nitrogens with zero attached hydrogens (tertiary/aromatic N) is 1. The van der Waals surface area contributed by atoms with Crippen molar-refractivity contribution in [3.63, 3.8) is 0 Å². The molecule has 0 bridgehead atoms. The van der Waals surface area contributed by atoms with E-state index in [0.717, 1.165) is 12.2 Å². The Bertz CT molecular complexity index is 384. The number of carbonyl (C=O) groups is 1. The van der Waals surface area contributed by atoms with Crippen molar-refractivity contribution in [2.75, 3.05) is 25.0 Å². The number of anilines is 1. The van der Waals surface area contributed by atoms with Gasteiger partial charge in [0.15, 0.2) is 0 Å². The summed E-state index contributed by atoms with van der Waals surface area (Å²) in [6, 6.07) is 5.51. The van der Waals surface area contributed by atoms with Crippen molar-refractivity contribution in [3.05, 3.63) is 23.9 Å². The fourth-order valence-electron chi connectivity index (χ4n) is 1.55. The Labute approximate surface area is 119 Å². The first-order valence-corrected chi connectivity index (χ1v) is 5.32. The molecule has 2 heterocycles. The van der Waals surface area contributed by atoms with Crippen LogP contribution in [0.2, 0.25) is 0 Å². The van der Waals surface area contributed by atoms with E-state index in [1.54, 1.807) is 6.07 Å². The van der Waals surface area contributed by atoms with Gasteiger partial charge in [0.05, 0.1) is 6.61 Å². The Morgan fingerprint density at radius 1 is 1.50 bits per heavy atom. The number of aryl methyl sites for hydroxylation is 1. The van der Waals surface area contributed by atoms with Crippen molar-refractivity contribution >= 4 is 36.5 Å². The molecule has 5 nitrogen and oxygen atoms in total. The summed E-state index contributed by atoms with van der Waals surface area (Å²) < 4.78 is 5.34. The maximum absolute atomic E-state index is 11.8. The smallest absolute Gasteiger partial charge is 0.255 e. The number of rotatable bonds is 2. The minimum absolute atomic E-state index is 0. The summed E-state index contributed by atoms with van der Waals surface area (Å²) in [5, 5.41) is 5.84. The minimum atomic E-state index is -0.420. The van der Waals surface area contributed by atoms with Gasteiger partial charge in [0.1, 0.15) is 11.9 Å². The van der Waals surface area contributed by atoms with Crippen LogP contribution in [-0.4, -0.2) is 36.7 Å². The molecule has 1 fully saturated rings. The van der Waals surface area contributed by atoms with E-state index in [-0.39, 0.29) is 30.7 Å². The molecule has 1 unspecified atom stereocenters. The zero-order valence-electron chi connectivity index (χ0n) is 10.0. The topological polar surface area (TPSA) is 63.2 Å². The second-order valence-electron chi connectivity index (χ2n) is 3.72. The molecule has 2 N–H and O–H groups in total. The number of hydrogen-bond donors (Lipinski definition) is 2. The van der Waals surface area contributed by atoms with Crippen LogP contribution >= 0.6 is 24.8 Å². The van der Waals surface area contributed by atoms with E-state index in [0.29, 0.717) is 19.0 Å². The normalized spacial score (nSPS) is 18.2. The first-order valence-electron chi connectivity index (χ1n) is 5.32. The van der Waals surface area contributed by atoms with Gasteiger partial charge < -0.3 is 15.4 Å². The van der Waals surface area contributed by atoms with Gasteiger partial charge in [-0.2, -0.15) is 0 Å². The first-order chi connectivity index (χ1) is 7.75. The van der Waals surface area contributed by atoms with Gasteiger partial charge in [-0.3, -0.25) is 4.79 Å². The highest BCUT2D eigenvalue weighted by Crippen LogP contribution is 2.06. The second-order valence-corrected chi connectivity index (χ2v) is 3.72. The summed E-state index contributed by atoms with van der Waals surface area (Å²) in [5.74, 6) is 0.421. The fourth-order valence-corrected chi connectivity index (χ4v) is 1.55. The van der Waals surface area contributed by atoms with Crippen LogP contribution in [0.5, 0.6) is 0 Å². The first kappa shape index (κ1) is 17.1. The molecule has 2 rings (SSSR count). The Morgan fingerprint density at radius 2 is 2.28 bits per heavy atom. The molecule has 0 aromatic carbocycles. The molecular weight excluding hydrogens is 277 g/mol. The summed E-state index contributed by atoms with van der Waals surface area (Å²) >= 11 is 0. The molecule has 0 spiro atoms. The lowest BCUT2D eigenvalue weighted by molar-refractivity contribution is -0.128. The lowest BCUT2D eigenvalue weighted by Crippen LogP contribution is -2.45. The molecule has 0 saturated carbocycles. The van der Waals surface area contributed by atoms with E-state index in [2.05, 4.69) is 15.6 Å². The lowest BCUT2D eigenvalue weighted by Gasteiger charge is -2.22. The number of aromatic nitrogens is 1. The lowest BCUT2D eigenvalue weighted by atomic mass is 10.3. The number of amides is 1. The van der Waals surface area contributed by atoms with Crippen LogP contribution in [0, 0.1) is 6.92 Å². The maximum atomic E-state index is 11.8. The van der Waals surface area contributed by atoms with Crippen molar-refractivity contribution in [3.8, 4) is 0 Å². The molecule has 1 aliphatic rings. The van der Waals surface area contributed by atoms with E-state index in [1.165, 1.54) is 0 Å². The molecule has 7 heteroatoms. The highest BCUT2D eigenvalue weighted by Gasteiger charge is 2.21. The van der Waals surface area contributed by atoms with Gasteiger partial charge in [-0.25, -0.2) is 4.98 Å². The van der Waals surface area contributed by atoms with Gasteiger partial charge in [-0.15, -0.1) is 24.8 Å². The van der Waals surface area contributed by atoms with Crippen molar-refractivity contribution in [2.24, 2.45) is 0 Å². The number of carbonyl (C=O) groups excluding carboxylic acids is 1. The average molecular weight is 294 g/mol. The Morgan fingerprint density at radius 3 is 2.89 bits per heavy atom. The summed E-state index contributed by atoms with van der Waals surface area (Å²) in [6.45, 7) is 3.80. The number of ether oxygens (including phenoxy) is 1. The Kier molecular flexibility index (Phi) is 7.86. The molecule has 0 aliphatic carbocycles. The number of pyridine rings is 1. The number of halogens is 2. The summed E-state index contributed by atoms with van der Waals surface area (Å²) in [4.78, 5) is 16.0. The maximum Gasteiger partial charge on any atom is 0.255 e. The number of hydrogen-bond acceptors (Lipinski definition) is 4. The fraction of sp³-hybridized carbons (Fsp3) is 0.455. The summed E-state index contributed by atoms with van der Waals surface area (Å²) in [5.41, 5.74) is 0.875. The van der Waals surface area contributed by atoms with E-state index in [9.17, 15) is 4.79 Å². The molecule has 1 aromatic rings. The van der Waals surface area contributed by atoms with E-state index < -0.39 is 6.10 Å². The largest absolute Gasteiger partial charge is 0.366 e. The predicted octanol–water partition coefficient (Wildman–Crippen LogP) is 1.16. The van der Waals surface area contributed by atoms with Crippen LogP contribution in [0.4, 0.5) is 5.82 Å². The van der Waals surface area contributed by atoms with Crippen molar-refractivity contribution in [2.45, 2.75) is 13.0 Å². The highest BCUT2D eigenvalue weighted by atomic mass is 35.5. The highest BCUT2D eigenvalue weighted by molar-refractivity contribution is 5.93. The molecule has 1 aliphatic heterocycles. The van der Waals surface area contributed by atoms with Gasteiger partial charge >= 0.3 is 0 Å². The van der Waals surface area contributed by atoms with Gasteiger partial charge in [-0.05, 0) is 19.1 Å². The van der Waals surface area contributed by atoms with Crippen molar-refractivity contribution < 1.29 is 9.53 Å². The number of nitrogens with one attached hydrogen (secondary N) is 2. The van der Waals surface area contributed by atoms with Crippen molar-refractivity contribution in [1.29, 1.82) is 0 Å².